The van der Waals surface area contributed by atoms with Crippen LogP contribution in [0.25, 0.3) is 16.9 Å². The molecule has 4 aromatic rings. The molecular formula is C20H23N5O3. The predicted octanol–water partition coefficient (Wildman–Crippen LogP) is 1.45. The lowest BCUT2D eigenvalue weighted by Crippen LogP contribution is -2.39. The standard InChI is InChI=1S/C20H23N5O3/c1-13-12-24-16-17(22(3)20(28)23(18(16)27)10-7-11-26)21-19(24)25(13)14(2)15-8-5-4-6-9-15/h4-6,8-9,12,14,26H,7,10-11H2,1-3H3/t14-/m0/s1. The van der Waals surface area contributed by atoms with Gasteiger partial charge in [0.1, 0.15) is 0 Å². The van der Waals surface area contributed by atoms with Gasteiger partial charge >= 0.3 is 5.69 Å². The predicted molar refractivity (Wildman–Crippen MR) is 107 cm³/mol. The molecule has 0 bridgehead atoms. The van der Waals surface area contributed by atoms with Crippen LogP contribution >= 0.6 is 0 Å². The second-order valence-electron chi connectivity index (χ2n) is 7.06. The Balaban J connectivity index is 2.01. The Morgan fingerprint density at radius 1 is 1.18 bits per heavy atom. The zero-order valence-electron chi connectivity index (χ0n) is 16.2. The Bertz CT molecular complexity index is 1280. The first-order valence-electron chi connectivity index (χ1n) is 9.31. The van der Waals surface area contributed by atoms with Crippen molar-refractivity contribution in [1.29, 1.82) is 0 Å². The molecule has 1 aromatic carbocycles. The third-order valence-corrected chi connectivity index (χ3v) is 5.28. The van der Waals surface area contributed by atoms with Crippen molar-refractivity contribution in [3.63, 3.8) is 0 Å². The fraction of sp³-hybridized carbons (Fsp3) is 0.350. The molecule has 0 spiro atoms. The van der Waals surface area contributed by atoms with Gasteiger partial charge in [0, 0.05) is 32.1 Å². The van der Waals surface area contributed by atoms with E-state index in [9.17, 15) is 9.59 Å². The highest BCUT2D eigenvalue weighted by molar-refractivity contribution is 5.75. The molecule has 4 rings (SSSR count). The first kappa shape index (κ1) is 18.2. The summed E-state index contributed by atoms with van der Waals surface area (Å²) in [6.07, 6.45) is 2.22. The molecule has 0 amide bonds. The van der Waals surface area contributed by atoms with Gasteiger partial charge in [0.15, 0.2) is 11.2 Å². The summed E-state index contributed by atoms with van der Waals surface area (Å²) in [4.78, 5) is 30.3. The van der Waals surface area contributed by atoms with E-state index in [4.69, 9.17) is 5.11 Å². The monoisotopic (exact) mass is 381 g/mol. The molecule has 0 unspecified atom stereocenters. The van der Waals surface area contributed by atoms with E-state index >= 15 is 0 Å². The Hall–Kier alpha value is -3.13. The molecule has 8 nitrogen and oxygen atoms in total. The fourth-order valence-corrected chi connectivity index (χ4v) is 3.81. The van der Waals surface area contributed by atoms with Crippen molar-refractivity contribution in [3.8, 4) is 0 Å². The minimum absolute atomic E-state index is 0.0177. The van der Waals surface area contributed by atoms with Crippen LogP contribution in [0.15, 0.2) is 46.1 Å². The number of hydrogen-bond acceptors (Lipinski definition) is 4. The maximum absolute atomic E-state index is 13.0. The number of aryl methyl sites for hydroxylation is 2. The van der Waals surface area contributed by atoms with Gasteiger partial charge < -0.3 is 9.67 Å². The average Bonchev–Trinajstić information content (AvgIpc) is 3.21. The van der Waals surface area contributed by atoms with Crippen LogP contribution in [0.4, 0.5) is 0 Å². The second kappa shape index (κ2) is 6.79. The highest BCUT2D eigenvalue weighted by Gasteiger charge is 2.22. The van der Waals surface area contributed by atoms with Crippen LogP contribution in [0.1, 0.15) is 30.6 Å². The summed E-state index contributed by atoms with van der Waals surface area (Å²) in [6, 6.07) is 10.1. The van der Waals surface area contributed by atoms with Crippen LogP contribution in [0.2, 0.25) is 0 Å². The van der Waals surface area contributed by atoms with E-state index in [-0.39, 0.29) is 24.8 Å². The van der Waals surface area contributed by atoms with Crippen LogP contribution in [0.3, 0.4) is 0 Å². The molecule has 0 radical (unpaired) electrons. The molecule has 0 fully saturated rings. The smallest absolute Gasteiger partial charge is 0.332 e. The number of benzene rings is 1. The lowest BCUT2D eigenvalue weighted by molar-refractivity contribution is 0.277. The lowest BCUT2D eigenvalue weighted by atomic mass is 10.1. The van der Waals surface area contributed by atoms with Crippen molar-refractivity contribution in [2.75, 3.05) is 6.61 Å². The summed E-state index contributed by atoms with van der Waals surface area (Å²) >= 11 is 0. The zero-order chi connectivity index (χ0) is 20.0. The molecule has 0 saturated heterocycles. The van der Waals surface area contributed by atoms with E-state index in [2.05, 4.69) is 28.6 Å². The Morgan fingerprint density at radius 2 is 1.89 bits per heavy atom. The van der Waals surface area contributed by atoms with Crippen LogP contribution in [-0.4, -0.2) is 34.8 Å². The Morgan fingerprint density at radius 3 is 2.57 bits per heavy atom. The largest absolute Gasteiger partial charge is 0.396 e. The van der Waals surface area contributed by atoms with Gasteiger partial charge in [-0.2, -0.15) is 4.98 Å². The Labute approximate surface area is 160 Å². The molecule has 0 saturated carbocycles. The van der Waals surface area contributed by atoms with E-state index in [1.54, 1.807) is 11.4 Å². The van der Waals surface area contributed by atoms with E-state index < -0.39 is 5.69 Å². The van der Waals surface area contributed by atoms with Gasteiger partial charge in [-0.3, -0.25) is 18.3 Å². The molecule has 146 valence electrons. The van der Waals surface area contributed by atoms with Crippen molar-refractivity contribution in [1.82, 2.24) is 23.1 Å². The minimum atomic E-state index is -0.425. The highest BCUT2D eigenvalue weighted by atomic mass is 16.3. The molecule has 1 N–H and O–H groups in total. The molecule has 1 atom stereocenters. The quantitative estimate of drug-likeness (QED) is 0.567. The van der Waals surface area contributed by atoms with E-state index in [0.717, 1.165) is 11.3 Å². The van der Waals surface area contributed by atoms with Gasteiger partial charge in [0.05, 0.1) is 6.04 Å². The normalized spacial score (nSPS) is 12.9. The van der Waals surface area contributed by atoms with Gasteiger partial charge in [-0.05, 0) is 25.8 Å². The van der Waals surface area contributed by atoms with Crippen molar-refractivity contribution in [2.24, 2.45) is 7.05 Å². The molecule has 0 aliphatic carbocycles. The number of rotatable bonds is 5. The van der Waals surface area contributed by atoms with Gasteiger partial charge in [-0.25, -0.2) is 4.79 Å². The summed E-state index contributed by atoms with van der Waals surface area (Å²) in [5.41, 5.74) is 2.02. The third-order valence-electron chi connectivity index (χ3n) is 5.28. The first-order chi connectivity index (χ1) is 13.5. The number of fused-ring (bicyclic) bond motifs is 3. The minimum Gasteiger partial charge on any atom is -0.396 e. The van der Waals surface area contributed by atoms with Crippen molar-refractivity contribution in [3.05, 3.63) is 68.6 Å². The highest BCUT2D eigenvalue weighted by Crippen LogP contribution is 2.25. The van der Waals surface area contributed by atoms with Crippen LogP contribution in [-0.2, 0) is 13.6 Å². The van der Waals surface area contributed by atoms with Crippen LogP contribution in [0.5, 0.6) is 0 Å². The second-order valence-corrected chi connectivity index (χ2v) is 7.06. The average molecular weight is 381 g/mol. The van der Waals surface area contributed by atoms with Crippen molar-refractivity contribution < 1.29 is 5.11 Å². The summed E-state index contributed by atoms with van der Waals surface area (Å²) in [5, 5.41) is 9.09. The number of aliphatic hydroxyl groups is 1. The zero-order valence-corrected chi connectivity index (χ0v) is 16.2. The van der Waals surface area contributed by atoms with E-state index in [1.807, 2.05) is 31.3 Å². The molecule has 0 aliphatic heterocycles. The molecule has 8 heteroatoms. The van der Waals surface area contributed by atoms with Gasteiger partial charge in [0.25, 0.3) is 5.56 Å². The summed E-state index contributed by atoms with van der Waals surface area (Å²) in [7, 11) is 1.61. The summed E-state index contributed by atoms with van der Waals surface area (Å²) < 4.78 is 6.40. The SMILES string of the molecule is Cc1cn2c3c(=O)n(CCCO)c(=O)n(C)c3nc2n1[C@@H](C)c1ccccc1. The summed E-state index contributed by atoms with van der Waals surface area (Å²) in [5.74, 6) is 0.621. The van der Waals surface area contributed by atoms with Crippen LogP contribution < -0.4 is 11.2 Å². The third kappa shape index (κ3) is 2.60. The molecule has 0 aliphatic rings. The number of aromatic nitrogens is 5. The van der Waals surface area contributed by atoms with E-state index in [1.165, 1.54) is 9.13 Å². The van der Waals surface area contributed by atoms with Crippen molar-refractivity contribution in [2.45, 2.75) is 32.9 Å². The van der Waals surface area contributed by atoms with Gasteiger partial charge in [-0.15, -0.1) is 0 Å². The lowest BCUT2D eigenvalue weighted by Gasteiger charge is -2.16. The van der Waals surface area contributed by atoms with E-state index in [0.29, 0.717) is 23.4 Å². The number of imidazole rings is 2. The maximum Gasteiger partial charge on any atom is 0.332 e. The number of nitrogens with zero attached hydrogens (tertiary/aromatic N) is 5. The first-order valence-corrected chi connectivity index (χ1v) is 9.31. The molecule has 3 heterocycles. The molecule has 3 aromatic heterocycles. The number of aliphatic hydroxyl groups excluding tert-OH is 1. The molecular weight excluding hydrogens is 358 g/mol. The maximum atomic E-state index is 13.0. The van der Waals surface area contributed by atoms with Gasteiger partial charge in [0.2, 0.25) is 5.78 Å². The van der Waals surface area contributed by atoms with Gasteiger partial charge in [-0.1, -0.05) is 30.3 Å². The Kier molecular flexibility index (Phi) is 4.43. The number of hydrogen-bond donors (Lipinski definition) is 1. The topological polar surface area (TPSA) is 86.5 Å². The fourth-order valence-electron chi connectivity index (χ4n) is 3.81. The molecule has 28 heavy (non-hydrogen) atoms. The summed E-state index contributed by atoms with van der Waals surface area (Å²) in [6.45, 7) is 4.15. The van der Waals surface area contributed by atoms with Crippen molar-refractivity contribution >= 4 is 16.9 Å². The van der Waals surface area contributed by atoms with Crippen LogP contribution in [0, 0.1) is 6.92 Å².